The van der Waals surface area contributed by atoms with Crippen LogP contribution in [0.5, 0.6) is 0 Å². The fourth-order valence-corrected chi connectivity index (χ4v) is 2.70. The quantitative estimate of drug-likeness (QED) is 0.548. The van der Waals surface area contributed by atoms with Gasteiger partial charge < -0.3 is 14.5 Å². The first-order valence-electron chi connectivity index (χ1n) is 6.98. The highest BCUT2D eigenvalue weighted by Crippen LogP contribution is 2.30. The van der Waals surface area contributed by atoms with E-state index in [2.05, 4.69) is 13.2 Å². The van der Waals surface area contributed by atoms with Crippen LogP contribution in [0.2, 0.25) is 0 Å². The first-order chi connectivity index (χ1) is 9.49. The Morgan fingerprint density at radius 3 is 2.30 bits per heavy atom. The van der Waals surface area contributed by atoms with E-state index in [0.717, 1.165) is 0 Å². The summed E-state index contributed by atoms with van der Waals surface area (Å²) in [7, 11) is 0. The molecule has 4 unspecified atom stereocenters. The number of fused-ring (bicyclic) bond motifs is 1. The van der Waals surface area contributed by atoms with E-state index < -0.39 is 6.04 Å². The van der Waals surface area contributed by atoms with Gasteiger partial charge in [-0.1, -0.05) is 26.0 Å². The fourth-order valence-electron chi connectivity index (χ4n) is 2.70. The summed E-state index contributed by atoms with van der Waals surface area (Å²) >= 11 is 0. The van der Waals surface area contributed by atoms with E-state index in [1.807, 2.05) is 19.9 Å². The van der Waals surface area contributed by atoms with Gasteiger partial charge in [0.05, 0.1) is 6.04 Å². The Labute approximate surface area is 119 Å². The maximum atomic E-state index is 12.5. The lowest BCUT2D eigenvalue weighted by Gasteiger charge is -2.24. The van der Waals surface area contributed by atoms with Crippen LogP contribution in [0.1, 0.15) is 13.8 Å². The zero-order valence-electron chi connectivity index (χ0n) is 12.1. The molecule has 0 aromatic carbocycles. The molecule has 0 radical (unpaired) electrons. The number of urea groups is 1. The fraction of sp³-hybridized carbons (Fsp3) is 0.600. The lowest BCUT2D eigenvalue weighted by Crippen LogP contribution is -2.41. The van der Waals surface area contributed by atoms with Gasteiger partial charge in [-0.3, -0.25) is 0 Å². The van der Waals surface area contributed by atoms with Gasteiger partial charge in [-0.15, -0.1) is 13.2 Å². The first-order valence-corrected chi connectivity index (χ1v) is 6.98. The SMILES string of the molecule is C=CC(C)CN1C(=O)N(CC(C)C=C)C2C(=O)OCC21. The van der Waals surface area contributed by atoms with Crippen molar-refractivity contribution in [2.24, 2.45) is 11.8 Å². The van der Waals surface area contributed by atoms with Crippen molar-refractivity contribution in [3.05, 3.63) is 25.3 Å². The van der Waals surface area contributed by atoms with Crippen molar-refractivity contribution in [3.63, 3.8) is 0 Å². The molecule has 2 fully saturated rings. The summed E-state index contributed by atoms with van der Waals surface area (Å²) in [6, 6.07) is -0.726. The van der Waals surface area contributed by atoms with Crippen molar-refractivity contribution in [1.29, 1.82) is 0 Å². The van der Waals surface area contributed by atoms with Crippen LogP contribution in [0.4, 0.5) is 4.79 Å². The number of carbonyl (C=O) groups excluding carboxylic acids is 2. The van der Waals surface area contributed by atoms with Gasteiger partial charge in [0.2, 0.25) is 0 Å². The summed E-state index contributed by atoms with van der Waals surface area (Å²) in [5, 5.41) is 0. The largest absolute Gasteiger partial charge is 0.462 e. The zero-order chi connectivity index (χ0) is 14.9. The van der Waals surface area contributed by atoms with Crippen molar-refractivity contribution >= 4 is 12.0 Å². The van der Waals surface area contributed by atoms with Crippen molar-refractivity contribution < 1.29 is 14.3 Å². The van der Waals surface area contributed by atoms with E-state index in [9.17, 15) is 9.59 Å². The topological polar surface area (TPSA) is 49.9 Å². The van der Waals surface area contributed by atoms with Crippen molar-refractivity contribution in [2.75, 3.05) is 19.7 Å². The number of esters is 1. The second-order valence-electron chi connectivity index (χ2n) is 5.66. The molecule has 0 spiro atoms. The van der Waals surface area contributed by atoms with Crippen LogP contribution in [0.15, 0.2) is 25.3 Å². The number of rotatable bonds is 6. The van der Waals surface area contributed by atoms with E-state index in [1.54, 1.807) is 15.9 Å². The van der Waals surface area contributed by atoms with Gasteiger partial charge in [0, 0.05) is 13.1 Å². The molecule has 0 aromatic heterocycles. The molecule has 5 heteroatoms. The summed E-state index contributed by atoms with van der Waals surface area (Å²) in [6.45, 7) is 12.8. The maximum absolute atomic E-state index is 12.5. The number of cyclic esters (lactones) is 1. The van der Waals surface area contributed by atoms with E-state index in [-0.39, 0.29) is 36.5 Å². The summed E-state index contributed by atoms with van der Waals surface area (Å²) in [5.74, 6) is 0.0326. The van der Waals surface area contributed by atoms with E-state index in [1.165, 1.54) is 0 Å². The molecule has 0 N–H and O–H groups in total. The van der Waals surface area contributed by atoms with Gasteiger partial charge in [-0.05, 0) is 11.8 Å². The molecule has 2 amide bonds. The van der Waals surface area contributed by atoms with E-state index in [0.29, 0.717) is 13.1 Å². The third kappa shape index (κ3) is 2.44. The zero-order valence-corrected chi connectivity index (χ0v) is 12.1. The second-order valence-corrected chi connectivity index (χ2v) is 5.66. The summed E-state index contributed by atoms with van der Waals surface area (Å²) < 4.78 is 5.13. The molecule has 0 aromatic rings. The molecule has 2 saturated heterocycles. The number of hydrogen-bond donors (Lipinski definition) is 0. The van der Waals surface area contributed by atoms with E-state index in [4.69, 9.17) is 4.74 Å². The molecule has 110 valence electrons. The Bertz CT molecular complexity index is 435. The average molecular weight is 278 g/mol. The maximum Gasteiger partial charge on any atom is 0.331 e. The molecule has 2 aliphatic rings. The van der Waals surface area contributed by atoms with Gasteiger partial charge in [0.1, 0.15) is 6.61 Å². The molecule has 5 nitrogen and oxygen atoms in total. The molecule has 2 aliphatic heterocycles. The smallest absolute Gasteiger partial charge is 0.331 e. The van der Waals surface area contributed by atoms with Gasteiger partial charge in [-0.25, -0.2) is 9.59 Å². The standard InChI is InChI=1S/C15H22N2O3/c1-5-10(3)7-16-12-9-20-14(18)13(12)17(15(16)19)8-11(4)6-2/h5-6,10-13H,1-2,7-9H2,3-4H3. The number of carbonyl (C=O) groups is 2. The minimum atomic E-state index is -0.470. The predicted molar refractivity (Wildman–Crippen MR) is 76.1 cm³/mol. The Kier molecular flexibility index (Phi) is 4.16. The van der Waals surface area contributed by atoms with Gasteiger partial charge >= 0.3 is 12.0 Å². The number of amides is 2. The van der Waals surface area contributed by atoms with Crippen LogP contribution >= 0.6 is 0 Å². The van der Waals surface area contributed by atoms with E-state index >= 15 is 0 Å². The molecule has 4 atom stereocenters. The van der Waals surface area contributed by atoms with Crippen LogP contribution in [-0.2, 0) is 9.53 Å². The normalized spacial score (nSPS) is 28.1. The third-order valence-corrected chi connectivity index (χ3v) is 4.00. The molecule has 0 saturated carbocycles. The number of nitrogens with zero attached hydrogens (tertiary/aromatic N) is 2. The lowest BCUT2D eigenvalue weighted by molar-refractivity contribution is -0.141. The summed E-state index contributed by atoms with van der Waals surface area (Å²) in [4.78, 5) is 27.8. The minimum Gasteiger partial charge on any atom is -0.462 e. The van der Waals surface area contributed by atoms with Crippen LogP contribution < -0.4 is 0 Å². The summed E-state index contributed by atoms with van der Waals surface area (Å²) in [6.07, 6.45) is 3.60. The van der Waals surface area contributed by atoms with Crippen LogP contribution in [0.25, 0.3) is 0 Å². The Balaban J connectivity index is 2.20. The molecular weight excluding hydrogens is 256 g/mol. The van der Waals surface area contributed by atoms with Gasteiger partial charge in [0.15, 0.2) is 6.04 Å². The second kappa shape index (κ2) is 5.69. The van der Waals surface area contributed by atoms with Crippen LogP contribution in [0, 0.1) is 11.8 Å². The van der Waals surface area contributed by atoms with Crippen LogP contribution in [-0.4, -0.2) is 53.6 Å². The molecular formula is C15H22N2O3. The molecule has 2 heterocycles. The monoisotopic (exact) mass is 278 g/mol. The lowest BCUT2D eigenvalue weighted by atomic mass is 10.1. The molecule has 0 aliphatic carbocycles. The summed E-state index contributed by atoms with van der Waals surface area (Å²) in [5.41, 5.74) is 0. The Morgan fingerprint density at radius 1 is 1.20 bits per heavy atom. The van der Waals surface area contributed by atoms with Crippen molar-refractivity contribution in [3.8, 4) is 0 Å². The number of ether oxygens (including phenoxy) is 1. The highest BCUT2D eigenvalue weighted by molar-refractivity contribution is 5.90. The molecule has 20 heavy (non-hydrogen) atoms. The highest BCUT2D eigenvalue weighted by Gasteiger charge is 2.54. The Morgan fingerprint density at radius 2 is 1.75 bits per heavy atom. The number of hydrogen-bond acceptors (Lipinski definition) is 3. The van der Waals surface area contributed by atoms with Crippen molar-refractivity contribution in [1.82, 2.24) is 9.80 Å². The van der Waals surface area contributed by atoms with Gasteiger partial charge in [0.25, 0.3) is 0 Å². The average Bonchev–Trinajstić information content (AvgIpc) is 2.92. The third-order valence-electron chi connectivity index (χ3n) is 4.00. The predicted octanol–water partition coefficient (Wildman–Crippen LogP) is 1.66. The van der Waals surface area contributed by atoms with Crippen molar-refractivity contribution in [2.45, 2.75) is 25.9 Å². The minimum absolute atomic E-state index is 0.0842. The van der Waals surface area contributed by atoms with Gasteiger partial charge in [-0.2, -0.15) is 0 Å². The Hall–Kier alpha value is -1.78. The first kappa shape index (κ1) is 14.6. The van der Waals surface area contributed by atoms with Crippen LogP contribution in [0.3, 0.4) is 0 Å². The highest BCUT2D eigenvalue weighted by atomic mass is 16.5. The molecule has 0 bridgehead atoms. The molecule has 2 rings (SSSR count).